The monoisotopic (exact) mass is 309 g/mol. The molecule has 0 saturated carbocycles. The van der Waals surface area contributed by atoms with Crippen LogP contribution in [0.1, 0.15) is 16.7 Å². The van der Waals surface area contributed by atoms with Gasteiger partial charge in [0.15, 0.2) is 0 Å². The molecule has 3 rings (SSSR count). The van der Waals surface area contributed by atoms with Crippen LogP contribution in [0, 0.1) is 0 Å². The van der Waals surface area contributed by atoms with E-state index in [1.54, 1.807) is 21.3 Å². The summed E-state index contributed by atoms with van der Waals surface area (Å²) in [6, 6.07) is 14.0. The maximum atomic E-state index is 5.32. The molecular weight excluding hydrogens is 290 g/mol. The Hall–Kier alpha value is -2.75. The van der Waals surface area contributed by atoms with Crippen LogP contribution in [-0.2, 0) is 11.3 Å². The summed E-state index contributed by atoms with van der Waals surface area (Å²) in [4.78, 5) is 5.05. The van der Waals surface area contributed by atoms with E-state index in [2.05, 4.69) is 17.3 Å². The number of oxime groups is 1. The normalized spacial score (nSPS) is 16.5. The van der Waals surface area contributed by atoms with Gasteiger partial charge in [-0.1, -0.05) is 23.4 Å². The fraction of sp³-hybridized carbons (Fsp3) is 0.211. The molecule has 0 aromatic heterocycles. The molecule has 0 heterocycles. The lowest BCUT2D eigenvalue weighted by Gasteiger charge is -2.04. The zero-order chi connectivity index (χ0) is 16.2. The minimum atomic E-state index is 0.818. The zero-order valence-electron chi connectivity index (χ0n) is 13.5. The third kappa shape index (κ3) is 3.06. The van der Waals surface area contributed by atoms with Gasteiger partial charge in [0.2, 0.25) is 0 Å². The van der Waals surface area contributed by atoms with Gasteiger partial charge in [0.25, 0.3) is 0 Å². The van der Waals surface area contributed by atoms with Crippen LogP contribution in [0.5, 0.6) is 11.5 Å². The molecule has 0 bridgehead atoms. The van der Waals surface area contributed by atoms with Crippen molar-refractivity contribution in [2.45, 2.75) is 6.42 Å². The fourth-order valence-corrected chi connectivity index (χ4v) is 2.74. The SMILES string of the molecule is CO/N=C1/C(=C/c2ccc(OC)cc2)Cc2ccc(OC)cc21. The molecule has 0 aliphatic heterocycles. The van der Waals surface area contributed by atoms with Crippen molar-refractivity contribution in [1.82, 2.24) is 0 Å². The molecular formula is C19H19NO3. The van der Waals surface area contributed by atoms with Crippen LogP contribution in [-0.4, -0.2) is 27.0 Å². The highest BCUT2D eigenvalue weighted by Gasteiger charge is 2.24. The third-order valence-corrected chi connectivity index (χ3v) is 3.90. The lowest BCUT2D eigenvalue weighted by molar-refractivity contribution is 0.214. The second-order valence-electron chi connectivity index (χ2n) is 5.27. The van der Waals surface area contributed by atoms with Gasteiger partial charge in [0.05, 0.1) is 14.2 Å². The van der Waals surface area contributed by atoms with E-state index in [4.69, 9.17) is 14.3 Å². The van der Waals surface area contributed by atoms with Gasteiger partial charge in [-0.3, -0.25) is 0 Å². The van der Waals surface area contributed by atoms with E-state index in [-0.39, 0.29) is 0 Å². The van der Waals surface area contributed by atoms with E-state index in [1.807, 2.05) is 36.4 Å². The summed E-state index contributed by atoms with van der Waals surface area (Å²) in [6.45, 7) is 0. The van der Waals surface area contributed by atoms with Crippen molar-refractivity contribution < 1.29 is 14.3 Å². The molecule has 0 spiro atoms. The van der Waals surface area contributed by atoms with Crippen molar-refractivity contribution in [3.63, 3.8) is 0 Å². The van der Waals surface area contributed by atoms with Gasteiger partial charge in [-0.15, -0.1) is 0 Å². The molecule has 1 aliphatic carbocycles. The van der Waals surface area contributed by atoms with Crippen molar-refractivity contribution in [3.05, 3.63) is 64.7 Å². The quantitative estimate of drug-likeness (QED) is 0.809. The van der Waals surface area contributed by atoms with Crippen LogP contribution in [0.15, 0.2) is 53.2 Å². The highest BCUT2D eigenvalue weighted by Crippen LogP contribution is 2.31. The smallest absolute Gasteiger partial charge is 0.119 e. The average Bonchev–Trinajstić information content (AvgIpc) is 2.92. The van der Waals surface area contributed by atoms with Gasteiger partial charge in [-0.2, -0.15) is 0 Å². The standard InChI is InChI=1S/C19H19NO3/c1-21-16-7-4-13(5-8-16)10-15-11-14-6-9-17(22-2)12-18(14)19(15)20-23-3/h4-10,12H,11H2,1-3H3/b15-10+,20-19-. The molecule has 0 radical (unpaired) electrons. The van der Waals surface area contributed by atoms with Gasteiger partial charge in [0, 0.05) is 12.0 Å². The first-order chi connectivity index (χ1) is 11.2. The second-order valence-corrected chi connectivity index (χ2v) is 5.27. The Labute approximate surface area is 136 Å². The van der Waals surface area contributed by atoms with E-state index in [0.29, 0.717) is 0 Å². The first kappa shape index (κ1) is 15.2. The van der Waals surface area contributed by atoms with Crippen LogP contribution >= 0.6 is 0 Å². The number of allylic oxidation sites excluding steroid dienone is 1. The number of hydrogen-bond donors (Lipinski definition) is 0. The molecule has 0 unspecified atom stereocenters. The molecule has 0 amide bonds. The molecule has 2 aromatic rings. The van der Waals surface area contributed by atoms with Crippen molar-refractivity contribution >= 4 is 11.8 Å². The number of fused-ring (bicyclic) bond motifs is 1. The zero-order valence-corrected chi connectivity index (χ0v) is 13.5. The van der Waals surface area contributed by atoms with E-state index >= 15 is 0 Å². The maximum Gasteiger partial charge on any atom is 0.119 e. The third-order valence-electron chi connectivity index (χ3n) is 3.90. The number of hydrogen-bond acceptors (Lipinski definition) is 4. The highest BCUT2D eigenvalue weighted by atomic mass is 16.6. The van der Waals surface area contributed by atoms with E-state index in [0.717, 1.165) is 40.3 Å². The molecule has 0 fully saturated rings. The van der Waals surface area contributed by atoms with Crippen molar-refractivity contribution in [2.24, 2.45) is 5.16 Å². The molecule has 0 atom stereocenters. The van der Waals surface area contributed by atoms with Crippen LogP contribution in [0.4, 0.5) is 0 Å². The van der Waals surface area contributed by atoms with Crippen LogP contribution in [0.2, 0.25) is 0 Å². The van der Waals surface area contributed by atoms with Crippen LogP contribution < -0.4 is 9.47 Å². The predicted molar refractivity (Wildman–Crippen MR) is 91.2 cm³/mol. The number of rotatable bonds is 4. The topological polar surface area (TPSA) is 40.0 Å². The Kier molecular flexibility index (Phi) is 4.33. The van der Waals surface area contributed by atoms with Crippen molar-refractivity contribution in [3.8, 4) is 11.5 Å². The summed E-state index contributed by atoms with van der Waals surface area (Å²) < 4.78 is 10.5. The Morgan fingerprint density at radius 3 is 2.26 bits per heavy atom. The number of nitrogens with zero attached hydrogens (tertiary/aromatic N) is 1. The molecule has 4 nitrogen and oxygen atoms in total. The minimum absolute atomic E-state index is 0.818. The summed E-state index contributed by atoms with van der Waals surface area (Å²) in [5.74, 6) is 1.66. The van der Waals surface area contributed by atoms with Gasteiger partial charge >= 0.3 is 0 Å². The summed E-state index contributed by atoms with van der Waals surface area (Å²) in [5, 5.41) is 4.22. The largest absolute Gasteiger partial charge is 0.497 e. The Bertz CT molecular complexity index is 761. The summed E-state index contributed by atoms with van der Waals surface area (Å²) >= 11 is 0. The van der Waals surface area contributed by atoms with Gasteiger partial charge in [0.1, 0.15) is 24.3 Å². The lowest BCUT2D eigenvalue weighted by Crippen LogP contribution is -1.99. The minimum Gasteiger partial charge on any atom is -0.497 e. The van der Waals surface area contributed by atoms with Gasteiger partial charge in [-0.25, -0.2) is 0 Å². The first-order valence-electron chi connectivity index (χ1n) is 7.38. The fourth-order valence-electron chi connectivity index (χ4n) is 2.74. The van der Waals surface area contributed by atoms with Crippen LogP contribution in [0.25, 0.3) is 6.08 Å². The molecule has 4 heteroatoms. The molecule has 1 aliphatic rings. The summed E-state index contributed by atoms with van der Waals surface area (Å²) in [5.41, 5.74) is 5.37. The number of benzene rings is 2. The first-order valence-corrected chi connectivity index (χ1v) is 7.38. The molecule has 0 saturated heterocycles. The van der Waals surface area contributed by atoms with E-state index < -0.39 is 0 Å². The van der Waals surface area contributed by atoms with E-state index in [9.17, 15) is 0 Å². The summed E-state index contributed by atoms with van der Waals surface area (Å²) in [7, 11) is 4.89. The van der Waals surface area contributed by atoms with Crippen molar-refractivity contribution in [2.75, 3.05) is 21.3 Å². The molecule has 118 valence electrons. The molecule has 0 N–H and O–H groups in total. The Morgan fingerprint density at radius 2 is 1.61 bits per heavy atom. The molecule has 2 aromatic carbocycles. The number of ether oxygens (including phenoxy) is 2. The van der Waals surface area contributed by atoms with E-state index in [1.165, 1.54) is 5.56 Å². The van der Waals surface area contributed by atoms with Gasteiger partial charge < -0.3 is 14.3 Å². The molecule has 23 heavy (non-hydrogen) atoms. The van der Waals surface area contributed by atoms with Gasteiger partial charge in [-0.05, 0) is 47.0 Å². The Morgan fingerprint density at radius 1 is 0.913 bits per heavy atom. The highest BCUT2D eigenvalue weighted by molar-refractivity contribution is 6.18. The second kappa shape index (κ2) is 6.57. The number of methoxy groups -OCH3 is 2. The maximum absolute atomic E-state index is 5.32. The Balaban J connectivity index is 1.99. The van der Waals surface area contributed by atoms with Crippen molar-refractivity contribution in [1.29, 1.82) is 0 Å². The predicted octanol–water partition coefficient (Wildman–Crippen LogP) is 3.69. The lowest BCUT2D eigenvalue weighted by atomic mass is 10.1. The van der Waals surface area contributed by atoms with Crippen LogP contribution in [0.3, 0.4) is 0 Å². The summed E-state index contributed by atoms with van der Waals surface area (Å²) in [6.07, 6.45) is 2.96. The average molecular weight is 309 g/mol.